The fraction of sp³-hybridized carbons (Fsp3) is 0.154. The highest BCUT2D eigenvalue weighted by molar-refractivity contribution is 5.81. The molecule has 0 fully saturated rings. The summed E-state index contributed by atoms with van der Waals surface area (Å²) in [4.78, 5) is 4.40. The van der Waals surface area contributed by atoms with E-state index in [-0.39, 0.29) is 0 Å². The van der Waals surface area contributed by atoms with Gasteiger partial charge in [0.2, 0.25) is 0 Å². The zero-order valence-electron chi connectivity index (χ0n) is 10.0. The van der Waals surface area contributed by atoms with Gasteiger partial charge in [-0.3, -0.25) is 9.67 Å². The van der Waals surface area contributed by atoms with Crippen LogP contribution in [-0.2, 0) is 13.6 Å². The molecule has 0 spiro atoms. The van der Waals surface area contributed by atoms with Crippen LogP contribution in [0.4, 0.5) is 5.69 Å². The summed E-state index contributed by atoms with van der Waals surface area (Å²) < 4.78 is 1.75. The number of rotatable bonds is 3. The lowest BCUT2D eigenvalue weighted by Crippen LogP contribution is -2.05. The molecule has 0 bridgehead atoms. The normalized spacial score (nSPS) is 10.7. The molecule has 0 aliphatic rings. The first kappa shape index (κ1) is 10.7. The number of anilines is 1. The second-order valence-corrected chi connectivity index (χ2v) is 4.12. The van der Waals surface area contributed by atoms with Crippen LogP contribution in [0.15, 0.2) is 42.7 Å². The van der Waals surface area contributed by atoms with Crippen molar-refractivity contribution in [2.24, 2.45) is 7.05 Å². The molecule has 0 aliphatic heterocycles. The van der Waals surface area contributed by atoms with Crippen LogP contribution in [0.5, 0.6) is 0 Å². The smallest absolute Gasteiger partial charge is 0.0774 e. The van der Waals surface area contributed by atoms with Crippen molar-refractivity contribution in [3.05, 3.63) is 48.4 Å². The number of aromatic nitrogens is 4. The maximum Gasteiger partial charge on any atom is 0.0774 e. The highest BCUT2D eigenvalue weighted by Gasteiger charge is 2.00. The molecular formula is C13H13N5. The highest BCUT2D eigenvalue weighted by atomic mass is 15.4. The summed E-state index contributed by atoms with van der Waals surface area (Å²) in [6, 6.07) is 10.2. The van der Waals surface area contributed by atoms with Gasteiger partial charge in [0, 0.05) is 12.4 Å². The van der Waals surface area contributed by atoms with Gasteiger partial charge in [-0.05, 0) is 12.1 Å². The van der Waals surface area contributed by atoms with Crippen molar-refractivity contribution >= 4 is 16.6 Å². The Morgan fingerprint density at radius 3 is 2.94 bits per heavy atom. The van der Waals surface area contributed by atoms with E-state index >= 15 is 0 Å². The molecule has 0 saturated heterocycles. The second kappa shape index (κ2) is 4.44. The fourth-order valence-corrected chi connectivity index (χ4v) is 1.83. The van der Waals surface area contributed by atoms with E-state index in [1.165, 1.54) is 0 Å². The third-order valence-corrected chi connectivity index (χ3v) is 2.87. The molecule has 1 N–H and O–H groups in total. The molecule has 0 saturated carbocycles. The highest BCUT2D eigenvalue weighted by Crippen LogP contribution is 2.16. The Hall–Kier alpha value is -2.43. The number of nitrogens with zero attached hydrogens (tertiary/aromatic N) is 4. The Morgan fingerprint density at radius 2 is 2.11 bits per heavy atom. The maximum absolute atomic E-state index is 4.40. The summed E-state index contributed by atoms with van der Waals surface area (Å²) in [5.41, 5.74) is 3.03. The summed E-state index contributed by atoms with van der Waals surface area (Å²) in [7, 11) is 1.88. The molecule has 5 nitrogen and oxygen atoms in total. The van der Waals surface area contributed by atoms with Gasteiger partial charge in [-0.15, -0.1) is 5.10 Å². The van der Waals surface area contributed by atoms with Crippen molar-refractivity contribution in [2.75, 3.05) is 5.32 Å². The Morgan fingerprint density at radius 1 is 1.22 bits per heavy atom. The van der Waals surface area contributed by atoms with Crippen molar-refractivity contribution in [3.8, 4) is 0 Å². The summed E-state index contributed by atoms with van der Waals surface area (Å²) in [6.07, 6.45) is 3.59. The standard InChI is InChI=1S/C13H13N5/c1-18-12(9-16-17-18)8-14-11-6-10-4-2-3-5-13(10)15-7-11/h2-7,9,14H,8H2,1H3. The van der Waals surface area contributed by atoms with Crippen LogP contribution < -0.4 is 5.32 Å². The minimum atomic E-state index is 0.684. The van der Waals surface area contributed by atoms with E-state index in [1.807, 2.05) is 31.4 Å². The number of hydrogen-bond acceptors (Lipinski definition) is 4. The minimum Gasteiger partial charge on any atom is -0.378 e. The van der Waals surface area contributed by atoms with Gasteiger partial charge >= 0.3 is 0 Å². The molecule has 2 aromatic heterocycles. The Kier molecular flexibility index (Phi) is 2.64. The van der Waals surface area contributed by atoms with Gasteiger partial charge in [-0.1, -0.05) is 23.4 Å². The van der Waals surface area contributed by atoms with Crippen LogP contribution in [0.2, 0.25) is 0 Å². The Labute approximate surface area is 104 Å². The number of pyridine rings is 1. The molecule has 0 aliphatic carbocycles. The molecular weight excluding hydrogens is 226 g/mol. The monoisotopic (exact) mass is 239 g/mol. The van der Waals surface area contributed by atoms with E-state index in [9.17, 15) is 0 Å². The van der Waals surface area contributed by atoms with E-state index in [4.69, 9.17) is 0 Å². The maximum atomic E-state index is 4.40. The summed E-state index contributed by atoms with van der Waals surface area (Å²) in [6.45, 7) is 0.684. The zero-order chi connectivity index (χ0) is 12.4. The average Bonchev–Trinajstić information content (AvgIpc) is 2.82. The lowest BCUT2D eigenvalue weighted by Gasteiger charge is -2.06. The minimum absolute atomic E-state index is 0.684. The van der Waals surface area contributed by atoms with Crippen molar-refractivity contribution in [1.29, 1.82) is 0 Å². The van der Waals surface area contributed by atoms with Crippen LogP contribution in [0, 0.1) is 0 Å². The van der Waals surface area contributed by atoms with E-state index in [2.05, 4.69) is 32.7 Å². The van der Waals surface area contributed by atoms with Crippen molar-refractivity contribution in [1.82, 2.24) is 20.0 Å². The molecule has 1 aromatic carbocycles. The first-order chi connectivity index (χ1) is 8.83. The third kappa shape index (κ3) is 2.02. The molecule has 0 unspecified atom stereocenters. The molecule has 90 valence electrons. The van der Waals surface area contributed by atoms with Gasteiger partial charge in [-0.25, -0.2) is 0 Å². The van der Waals surface area contributed by atoms with Gasteiger partial charge in [0.25, 0.3) is 0 Å². The van der Waals surface area contributed by atoms with Crippen LogP contribution in [0.25, 0.3) is 10.9 Å². The van der Waals surface area contributed by atoms with Crippen LogP contribution in [0.3, 0.4) is 0 Å². The number of fused-ring (bicyclic) bond motifs is 1. The van der Waals surface area contributed by atoms with Crippen molar-refractivity contribution in [3.63, 3.8) is 0 Å². The van der Waals surface area contributed by atoms with E-state index < -0.39 is 0 Å². The SMILES string of the molecule is Cn1nncc1CNc1cnc2ccccc2c1. The predicted octanol–water partition coefficient (Wildman–Crippen LogP) is 1.98. The number of nitrogens with one attached hydrogen (secondary N) is 1. The molecule has 2 heterocycles. The van der Waals surface area contributed by atoms with Crippen molar-refractivity contribution in [2.45, 2.75) is 6.54 Å². The quantitative estimate of drug-likeness (QED) is 0.759. The molecule has 5 heteroatoms. The van der Waals surface area contributed by atoms with Gasteiger partial charge in [-0.2, -0.15) is 0 Å². The van der Waals surface area contributed by atoms with Gasteiger partial charge in [0.1, 0.15) is 0 Å². The number of para-hydroxylation sites is 1. The van der Waals surface area contributed by atoms with Crippen LogP contribution >= 0.6 is 0 Å². The Balaban J connectivity index is 1.81. The fourth-order valence-electron chi connectivity index (χ4n) is 1.83. The van der Waals surface area contributed by atoms with Crippen molar-refractivity contribution < 1.29 is 0 Å². The van der Waals surface area contributed by atoms with E-state index in [1.54, 1.807) is 10.9 Å². The number of aryl methyl sites for hydroxylation is 1. The summed E-state index contributed by atoms with van der Waals surface area (Å²) in [5.74, 6) is 0. The first-order valence-corrected chi connectivity index (χ1v) is 5.75. The summed E-state index contributed by atoms with van der Waals surface area (Å²) in [5, 5.41) is 12.2. The first-order valence-electron chi connectivity index (χ1n) is 5.75. The molecule has 18 heavy (non-hydrogen) atoms. The predicted molar refractivity (Wildman–Crippen MR) is 70.1 cm³/mol. The summed E-state index contributed by atoms with van der Waals surface area (Å²) >= 11 is 0. The van der Waals surface area contributed by atoms with Gasteiger partial charge in [0.15, 0.2) is 0 Å². The average molecular weight is 239 g/mol. The van der Waals surface area contributed by atoms with E-state index in [0.29, 0.717) is 6.54 Å². The van der Waals surface area contributed by atoms with Crippen LogP contribution in [0.1, 0.15) is 5.69 Å². The zero-order valence-corrected chi connectivity index (χ0v) is 10.0. The molecule has 0 radical (unpaired) electrons. The Bertz CT molecular complexity index is 674. The topological polar surface area (TPSA) is 55.6 Å². The number of hydrogen-bond donors (Lipinski definition) is 1. The van der Waals surface area contributed by atoms with Crippen LogP contribution in [-0.4, -0.2) is 20.0 Å². The molecule has 3 rings (SSSR count). The molecule has 0 amide bonds. The number of benzene rings is 1. The lowest BCUT2D eigenvalue weighted by molar-refractivity contribution is 0.683. The second-order valence-electron chi connectivity index (χ2n) is 4.12. The van der Waals surface area contributed by atoms with Gasteiger partial charge < -0.3 is 5.32 Å². The lowest BCUT2D eigenvalue weighted by atomic mass is 10.2. The largest absolute Gasteiger partial charge is 0.378 e. The third-order valence-electron chi connectivity index (χ3n) is 2.87. The molecule has 3 aromatic rings. The van der Waals surface area contributed by atoms with Gasteiger partial charge in [0.05, 0.1) is 35.8 Å². The van der Waals surface area contributed by atoms with E-state index in [0.717, 1.165) is 22.3 Å². The molecule has 0 atom stereocenters.